The number of aliphatic hydroxyl groups is 1. The van der Waals surface area contributed by atoms with Crippen LogP contribution in [-0.2, 0) is 6.42 Å². The molecule has 27 heavy (non-hydrogen) atoms. The fourth-order valence-electron chi connectivity index (χ4n) is 4.74. The van der Waals surface area contributed by atoms with Gasteiger partial charge in [-0.25, -0.2) is 4.79 Å². The van der Waals surface area contributed by atoms with Crippen LogP contribution < -0.4 is 4.74 Å². The molecule has 0 amide bonds. The van der Waals surface area contributed by atoms with E-state index in [1.54, 1.807) is 13.0 Å². The van der Waals surface area contributed by atoms with Gasteiger partial charge in [0.15, 0.2) is 0 Å². The molecule has 1 fully saturated rings. The molecule has 0 radical (unpaired) electrons. The fourth-order valence-corrected chi connectivity index (χ4v) is 4.74. The Balaban J connectivity index is 2.12. The van der Waals surface area contributed by atoms with Crippen molar-refractivity contribution in [1.29, 1.82) is 0 Å². The summed E-state index contributed by atoms with van der Waals surface area (Å²) in [6, 6.07) is 1.76. The predicted octanol–water partition coefficient (Wildman–Crippen LogP) is 4.40. The van der Waals surface area contributed by atoms with Crippen molar-refractivity contribution in [3.05, 3.63) is 34.9 Å². The van der Waals surface area contributed by atoms with Crippen LogP contribution in [0.25, 0.3) is 0 Å². The summed E-state index contributed by atoms with van der Waals surface area (Å²) in [6.45, 7) is 9.86. The molecule has 2 aliphatic rings. The molecule has 4 atom stereocenters. The average molecular weight is 374 g/mol. The van der Waals surface area contributed by atoms with Crippen LogP contribution in [0.3, 0.4) is 0 Å². The van der Waals surface area contributed by atoms with Crippen molar-refractivity contribution in [2.24, 2.45) is 5.92 Å². The largest absolute Gasteiger partial charge is 0.507 e. The van der Waals surface area contributed by atoms with Crippen LogP contribution in [0.15, 0.2) is 18.2 Å². The number of fused-ring (bicyclic) bond motifs is 3. The maximum atomic E-state index is 11.9. The fraction of sp³-hybridized carbons (Fsp3) is 0.591. The number of hydrogen-bond donors (Lipinski definition) is 3. The Labute approximate surface area is 160 Å². The van der Waals surface area contributed by atoms with E-state index >= 15 is 0 Å². The van der Waals surface area contributed by atoms with E-state index in [2.05, 4.69) is 13.5 Å². The Morgan fingerprint density at radius 3 is 2.70 bits per heavy atom. The molecule has 0 bridgehead atoms. The first kappa shape index (κ1) is 19.7. The normalized spacial score (nSPS) is 29.0. The minimum absolute atomic E-state index is 0.0280. The summed E-state index contributed by atoms with van der Waals surface area (Å²) in [7, 11) is 0. The van der Waals surface area contributed by atoms with Gasteiger partial charge in [0, 0.05) is 11.5 Å². The van der Waals surface area contributed by atoms with Crippen LogP contribution >= 0.6 is 0 Å². The van der Waals surface area contributed by atoms with Crippen molar-refractivity contribution in [2.75, 3.05) is 0 Å². The third kappa shape index (κ3) is 3.33. The van der Waals surface area contributed by atoms with Crippen LogP contribution in [0.2, 0.25) is 0 Å². The SMILES string of the molecule is C=C(C)C1CCC(C)(O)C2Oc3cc(CCCCC)c(C(=O)O)c(O)c3C12. The summed E-state index contributed by atoms with van der Waals surface area (Å²) < 4.78 is 6.13. The lowest BCUT2D eigenvalue weighted by atomic mass is 9.66. The maximum Gasteiger partial charge on any atom is 0.339 e. The zero-order chi connectivity index (χ0) is 19.9. The highest BCUT2D eigenvalue weighted by Gasteiger charge is 2.54. The molecule has 0 aromatic heterocycles. The van der Waals surface area contributed by atoms with Crippen molar-refractivity contribution in [3.8, 4) is 11.5 Å². The van der Waals surface area contributed by atoms with Crippen molar-refractivity contribution < 1.29 is 24.9 Å². The van der Waals surface area contributed by atoms with Crippen LogP contribution in [0.4, 0.5) is 0 Å². The van der Waals surface area contributed by atoms with E-state index in [0.717, 1.165) is 31.3 Å². The molecular formula is C22H30O5. The number of unbranched alkanes of at least 4 members (excludes halogenated alkanes) is 2. The molecule has 1 aromatic rings. The van der Waals surface area contributed by atoms with Gasteiger partial charge in [-0.2, -0.15) is 0 Å². The molecule has 0 spiro atoms. The molecule has 1 heterocycles. The highest BCUT2D eigenvalue weighted by atomic mass is 16.5. The molecular weight excluding hydrogens is 344 g/mol. The molecule has 3 N–H and O–H groups in total. The Hall–Kier alpha value is -2.01. The average Bonchev–Trinajstić information content (AvgIpc) is 2.95. The first-order valence-corrected chi connectivity index (χ1v) is 9.85. The van der Waals surface area contributed by atoms with Gasteiger partial charge in [-0.15, -0.1) is 0 Å². The van der Waals surface area contributed by atoms with Gasteiger partial charge in [0.25, 0.3) is 0 Å². The lowest BCUT2D eigenvalue weighted by Gasteiger charge is -2.42. The number of aromatic carboxylic acids is 1. The van der Waals surface area contributed by atoms with Gasteiger partial charge >= 0.3 is 5.97 Å². The van der Waals surface area contributed by atoms with Gasteiger partial charge in [0.1, 0.15) is 23.2 Å². The van der Waals surface area contributed by atoms with E-state index in [4.69, 9.17) is 4.74 Å². The Morgan fingerprint density at radius 1 is 1.41 bits per heavy atom. The van der Waals surface area contributed by atoms with Crippen LogP contribution in [0.5, 0.6) is 11.5 Å². The molecule has 148 valence electrons. The number of allylic oxidation sites excluding steroid dienone is 1. The Kier molecular flexibility index (Phi) is 5.26. The minimum atomic E-state index is -1.13. The highest BCUT2D eigenvalue weighted by molar-refractivity contribution is 5.94. The second-order valence-corrected chi connectivity index (χ2v) is 8.35. The molecule has 5 nitrogen and oxygen atoms in total. The number of hydrogen-bond acceptors (Lipinski definition) is 4. The predicted molar refractivity (Wildman–Crippen MR) is 104 cm³/mol. The van der Waals surface area contributed by atoms with Gasteiger partial charge in [-0.05, 0) is 57.1 Å². The monoisotopic (exact) mass is 374 g/mol. The standard InChI is InChI=1S/C22H30O5/c1-5-6-7-8-13-11-15-18(19(23)16(13)21(24)25)17-14(12(2)3)9-10-22(4,26)20(17)27-15/h11,14,17,20,23,26H,2,5-10H2,1,3-4H3,(H,24,25). The van der Waals surface area contributed by atoms with Crippen LogP contribution in [0.1, 0.15) is 80.3 Å². The molecule has 1 aromatic carbocycles. The number of carbonyl (C=O) groups is 1. The summed E-state index contributed by atoms with van der Waals surface area (Å²) in [4.78, 5) is 11.9. The van der Waals surface area contributed by atoms with E-state index in [1.165, 1.54) is 0 Å². The number of ether oxygens (including phenoxy) is 1. The first-order chi connectivity index (χ1) is 12.7. The van der Waals surface area contributed by atoms with Crippen LogP contribution in [-0.4, -0.2) is 33.0 Å². The number of aromatic hydroxyl groups is 1. The zero-order valence-corrected chi connectivity index (χ0v) is 16.4. The molecule has 0 saturated heterocycles. The van der Waals surface area contributed by atoms with Gasteiger partial charge in [0.05, 0.1) is 5.60 Å². The number of phenols is 1. The quantitative estimate of drug-likeness (QED) is 0.507. The van der Waals surface area contributed by atoms with E-state index in [-0.39, 0.29) is 23.1 Å². The van der Waals surface area contributed by atoms with Crippen molar-refractivity contribution in [1.82, 2.24) is 0 Å². The third-order valence-electron chi connectivity index (χ3n) is 6.20. The first-order valence-electron chi connectivity index (χ1n) is 9.85. The van der Waals surface area contributed by atoms with Gasteiger partial charge in [-0.3, -0.25) is 0 Å². The summed E-state index contributed by atoms with van der Waals surface area (Å²) in [5, 5.41) is 31.6. The maximum absolute atomic E-state index is 11.9. The number of aryl methyl sites for hydroxylation is 1. The molecule has 3 rings (SSSR count). The van der Waals surface area contributed by atoms with Crippen molar-refractivity contribution >= 4 is 5.97 Å². The number of carboxylic acid groups (broad SMARTS) is 1. The van der Waals surface area contributed by atoms with Crippen molar-refractivity contribution in [2.45, 2.75) is 76.9 Å². The van der Waals surface area contributed by atoms with E-state index in [0.29, 0.717) is 29.7 Å². The number of carboxylic acids is 1. The summed E-state index contributed by atoms with van der Waals surface area (Å²) in [6.07, 6.45) is 4.26. The Bertz CT molecular complexity index is 764. The van der Waals surface area contributed by atoms with Crippen LogP contribution in [0, 0.1) is 5.92 Å². The molecule has 1 aliphatic carbocycles. The lowest BCUT2D eigenvalue weighted by molar-refractivity contribution is -0.0824. The second-order valence-electron chi connectivity index (χ2n) is 8.35. The van der Waals surface area contributed by atoms with Gasteiger partial charge in [-0.1, -0.05) is 31.9 Å². The third-order valence-corrected chi connectivity index (χ3v) is 6.20. The van der Waals surface area contributed by atoms with Crippen molar-refractivity contribution in [3.63, 3.8) is 0 Å². The molecule has 1 aliphatic heterocycles. The minimum Gasteiger partial charge on any atom is -0.507 e. The molecule has 4 unspecified atom stereocenters. The number of benzene rings is 1. The van der Waals surface area contributed by atoms with E-state index in [9.17, 15) is 20.1 Å². The topological polar surface area (TPSA) is 87.0 Å². The second kappa shape index (κ2) is 7.19. The summed E-state index contributed by atoms with van der Waals surface area (Å²) >= 11 is 0. The van der Waals surface area contributed by atoms with E-state index in [1.807, 2.05) is 6.92 Å². The Morgan fingerprint density at radius 2 is 2.11 bits per heavy atom. The zero-order valence-electron chi connectivity index (χ0n) is 16.4. The molecule has 5 heteroatoms. The smallest absolute Gasteiger partial charge is 0.339 e. The van der Waals surface area contributed by atoms with Gasteiger partial charge < -0.3 is 20.1 Å². The van der Waals surface area contributed by atoms with E-state index < -0.39 is 17.7 Å². The highest BCUT2D eigenvalue weighted by Crippen LogP contribution is 2.57. The van der Waals surface area contributed by atoms with Gasteiger partial charge in [0.2, 0.25) is 0 Å². The number of rotatable bonds is 6. The summed E-state index contributed by atoms with van der Waals surface area (Å²) in [5.74, 6) is -1.07. The molecule has 1 saturated carbocycles. The lowest BCUT2D eigenvalue weighted by Crippen LogP contribution is -2.50. The summed E-state index contributed by atoms with van der Waals surface area (Å²) in [5.41, 5.74) is 1.01.